The van der Waals surface area contributed by atoms with Gasteiger partial charge in [0, 0.05) is 20.1 Å². The fourth-order valence-electron chi connectivity index (χ4n) is 2.59. The minimum atomic E-state index is 0. The van der Waals surface area contributed by atoms with Crippen LogP contribution in [0.5, 0.6) is 11.5 Å². The summed E-state index contributed by atoms with van der Waals surface area (Å²) in [5, 5.41) is 6.67. The zero-order valence-corrected chi connectivity index (χ0v) is 18.2. The first-order valence-corrected chi connectivity index (χ1v) is 8.37. The minimum Gasteiger partial charge on any atom is -0.493 e. The van der Waals surface area contributed by atoms with Gasteiger partial charge in [0.1, 0.15) is 0 Å². The molecular formula is C20H28IN3O2. The highest BCUT2D eigenvalue weighted by molar-refractivity contribution is 14.0. The molecule has 6 heteroatoms. The summed E-state index contributed by atoms with van der Waals surface area (Å²) >= 11 is 0. The third-order valence-corrected chi connectivity index (χ3v) is 3.92. The van der Waals surface area contributed by atoms with E-state index in [1.165, 1.54) is 16.7 Å². The van der Waals surface area contributed by atoms with Gasteiger partial charge in [0.15, 0.2) is 17.5 Å². The minimum absolute atomic E-state index is 0. The molecule has 0 spiro atoms. The van der Waals surface area contributed by atoms with Crippen LogP contribution in [0.2, 0.25) is 0 Å². The number of hydrogen-bond acceptors (Lipinski definition) is 3. The van der Waals surface area contributed by atoms with Crippen LogP contribution in [-0.2, 0) is 13.0 Å². The zero-order chi connectivity index (χ0) is 18.1. The molecule has 0 heterocycles. The van der Waals surface area contributed by atoms with E-state index in [9.17, 15) is 0 Å². The van der Waals surface area contributed by atoms with Crippen LogP contribution in [0.1, 0.15) is 16.7 Å². The van der Waals surface area contributed by atoms with E-state index in [0.717, 1.165) is 37.0 Å². The average molecular weight is 469 g/mol. The molecule has 0 bridgehead atoms. The number of benzene rings is 2. The van der Waals surface area contributed by atoms with E-state index in [0.29, 0.717) is 0 Å². The normalized spacial score (nSPS) is 10.7. The summed E-state index contributed by atoms with van der Waals surface area (Å²) in [5.41, 5.74) is 3.68. The van der Waals surface area contributed by atoms with Gasteiger partial charge < -0.3 is 20.1 Å². The first-order chi connectivity index (χ1) is 12.2. The van der Waals surface area contributed by atoms with E-state index in [1.54, 1.807) is 21.3 Å². The van der Waals surface area contributed by atoms with Crippen LogP contribution in [0, 0.1) is 6.92 Å². The van der Waals surface area contributed by atoms with Gasteiger partial charge in [0.2, 0.25) is 0 Å². The quantitative estimate of drug-likeness (QED) is 0.370. The van der Waals surface area contributed by atoms with Gasteiger partial charge in [0.05, 0.1) is 14.2 Å². The Balaban J connectivity index is 0.00000338. The van der Waals surface area contributed by atoms with Crippen LogP contribution in [0.4, 0.5) is 0 Å². The predicted octanol–water partition coefficient (Wildman–Crippen LogP) is 3.54. The lowest BCUT2D eigenvalue weighted by atomic mass is 10.1. The van der Waals surface area contributed by atoms with Crippen molar-refractivity contribution in [2.75, 3.05) is 27.8 Å². The maximum Gasteiger partial charge on any atom is 0.191 e. The standard InChI is InChI=1S/C20H27N3O2.HI/c1-15-6-5-7-17(12-15)14-23-20(21-2)22-11-10-16-8-9-18(24-3)19(13-16)25-4;/h5-9,12-13H,10-11,14H2,1-4H3,(H2,21,22,23);1H. The molecule has 0 aromatic heterocycles. The summed E-state index contributed by atoms with van der Waals surface area (Å²) in [6.45, 7) is 3.63. The third-order valence-electron chi connectivity index (χ3n) is 3.92. The second kappa shape index (κ2) is 11.6. The summed E-state index contributed by atoms with van der Waals surface area (Å²) in [6, 6.07) is 14.4. The van der Waals surface area contributed by atoms with Crippen LogP contribution in [0.15, 0.2) is 47.5 Å². The van der Waals surface area contributed by atoms with Crippen molar-refractivity contribution in [3.63, 3.8) is 0 Å². The fourth-order valence-corrected chi connectivity index (χ4v) is 2.59. The predicted molar refractivity (Wildman–Crippen MR) is 118 cm³/mol. The van der Waals surface area contributed by atoms with Gasteiger partial charge in [0.25, 0.3) is 0 Å². The number of aliphatic imine (C=N–C) groups is 1. The largest absolute Gasteiger partial charge is 0.493 e. The molecule has 2 rings (SSSR count). The van der Waals surface area contributed by atoms with E-state index in [2.05, 4.69) is 46.8 Å². The van der Waals surface area contributed by atoms with Crippen molar-refractivity contribution >= 4 is 29.9 Å². The van der Waals surface area contributed by atoms with Gasteiger partial charge in [-0.05, 0) is 36.6 Å². The third kappa shape index (κ3) is 6.74. The Bertz CT molecular complexity index is 720. The number of nitrogens with zero attached hydrogens (tertiary/aromatic N) is 1. The Kier molecular flexibility index (Phi) is 9.87. The summed E-state index contributed by atoms with van der Waals surface area (Å²) in [6.07, 6.45) is 0.867. The van der Waals surface area contributed by atoms with Crippen LogP contribution in [0.25, 0.3) is 0 Å². The van der Waals surface area contributed by atoms with Crippen LogP contribution >= 0.6 is 24.0 Å². The highest BCUT2D eigenvalue weighted by Crippen LogP contribution is 2.27. The number of halogens is 1. The Morgan fingerprint density at radius 1 is 0.962 bits per heavy atom. The molecule has 26 heavy (non-hydrogen) atoms. The Morgan fingerprint density at radius 2 is 1.73 bits per heavy atom. The molecule has 0 saturated heterocycles. The van der Waals surface area contributed by atoms with Gasteiger partial charge >= 0.3 is 0 Å². The Morgan fingerprint density at radius 3 is 2.38 bits per heavy atom. The molecule has 2 aromatic carbocycles. The highest BCUT2D eigenvalue weighted by Gasteiger charge is 2.05. The fraction of sp³-hybridized carbons (Fsp3) is 0.350. The summed E-state index contributed by atoms with van der Waals surface area (Å²) in [4.78, 5) is 4.27. The van der Waals surface area contributed by atoms with Crippen LogP contribution in [-0.4, -0.2) is 33.8 Å². The zero-order valence-electron chi connectivity index (χ0n) is 15.8. The lowest BCUT2D eigenvalue weighted by Crippen LogP contribution is -2.37. The molecule has 0 unspecified atom stereocenters. The molecule has 0 saturated carbocycles. The first-order valence-electron chi connectivity index (χ1n) is 8.37. The maximum atomic E-state index is 5.34. The van der Waals surface area contributed by atoms with Crippen molar-refractivity contribution in [1.82, 2.24) is 10.6 Å². The van der Waals surface area contributed by atoms with Gasteiger partial charge in [-0.3, -0.25) is 4.99 Å². The number of methoxy groups -OCH3 is 2. The molecule has 0 aliphatic rings. The van der Waals surface area contributed by atoms with Crippen LogP contribution < -0.4 is 20.1 Å². The van der Waals surface area contributed by atoms with Crippen molar-refractivity contribution in [1.29, 1.82) is 0 Å². The van der Waals surface area contributed by atoms with E-state index in [-0.39, 0.29) is 24.0 Å². The van der Waals surface area contributed by atoms with E-state index >= 15 is 0 Å². The number of hydrogen-bond donors (Lipinski definition) is 2. The number of nitrogens with one attached hydrogen (secondary N) is 2. The average Bonchev–Trinajstić information content (AvgIpc) is 2.64. The van der Waals surface area contributed by atoms with Crippen molar-refractivity contribution in [3.05, 3.63) is 59.2 Å². The van der Waals surface area contributed by atoms with E-state index in [4.69, 9.17) is 9.47 Å². The van der Waals surface area contributed by atoms with Crippen molar-refractivity contribution in [2.45, 2.75) is 19.9 Å². The number of rotatable bonds is 7. The van der Waals surface area contributed by atoms with Gasteiger partial charge in [-0.1, -0.05) is 35.9 Å². The monoisotopic (exact) mass is 469 g/mol. The topological polar surface area (TPSA) is 54.9 Å². The van der Waals surface area contributed by atoms with Crippen molar-refractivity contribution < 1.29 is 9.47 Å². The van der Waals surface area contributed by atoms with Gasteiger partial charge in [-0.2, -0.15) is 0 Å². The van der Waals surface area contributed by atoms with E-state index < -0.39 is 0 Å². The van der Waals surface area contributed by atoms with Crippen LogP contribution in [0.3, 0.4) is 0 Å². The van der Waals surface area contributed by atoms with E-state index in [1.807, 2.05) is 18.2 Å². The molecule has 0 aliphatic carbocycles. The highest BCUT2D eigenvalue weighted by atomic mass is 127. The molecular weight excluding hydrogens is 441 g/mol. The molecule has 5 nitrogen and oxygen atoms in total. The molecule has 2 N–H and O–H groups in total. The second-order valence-electron chi connectivity index (χ2n) is 5.78. The van der Waals surface area contributed by atoms with Crippen molar-refractivity contribution in [2.24, 2.45) is 4.99 Å². The maximum absolute atomic E-state index is 5.34. The Labute approximate surface area is 173 Å². The smallest absolute Gasteiger partial charge is 0.191 e. The molecule has 0 amide bonds. The van der Waals surface area contributed by atoms with Gasteiger partial charge in [-0.25, -0.2) is 0 Å². The number of guanidine groups is 1. The lowest BCUT2D eigenvalue weighted by molar-refractivity contribution is 0.354. The number of ether oxygens (including phenoxy) is 2. The molecule has 2 aromatic rings. The summed E-state index contributed by atoms with van der Waals surface area (Å²) < 4.78 is 10.6. The molecule has 142 valence electrons. The SMILES string of the molecule is CN=C(NCCc1ccc(OC)c(OC)c1)NCc1cccc(C)c1.I. The number of aryl methyl sites for hydroxylation is 1. The molecule has 0 aliphatic heterocycles. The Hall–Kier alpha value is -1.96. The second-order valence-corrected chi connectivity index (χ2v) is 5.78. The molecule has 0 fully saturated rings. The molecule has 0 atom stereocenters. The summed E-state index contributed by atoms with van der Waals surface area (Å²) in [5.74, 6) is 2.29. The summed E-state index contributed by atoms with van der Waals surface area (Å²) in [7, 11) is 5.07. The first kappa shape index (κ1) is 22.1. The van der Waals surface area contributed by atoms with Crippen molar-refractivity contribution in [3.8, 4) is 11.5 Å². The lowest BCUT2D eigenvalue weighted by Gasteiger charge is -2.13. The van der Waals surface area contributed by atoms with Gasteiger partial charge in [-0.15, -0.1) is 24.0 Å². The molecule has 0 radical (unpaired) electrons.